The van der Waals surface area contributed by atoms with Crippen molar-refractivity contribution in [2.45, 2.75) is 0 Å². The molecular weight excluding hydrogens is 635 g/mol. The van der Waals surface area contributed by atoms with Gasteiger partial charge in [0, 0.05) is 37.7 Å². The Labute approximate surface area is 293 Å². The number of benzene rings is 7. The maximum Gasteiger partial charge on any atom is 0.182 e. The van der Waals surface area contributed by atoms with E-state index in [-0.39, 0.29) is 0 Å². The van der Waals surface area contributed by atoms with Gasteiger partial charge in [-0.2, -0.15) is 0 Å². The Morgan fingerprint density at radius 1 is 0.353 bits per heavy atom. The Bertz CT molecular complexity index is 3190. The molecule has 0 N–H and O–H groups in total. The van der Waals surface area contributed by atoms with Crippen molar-refractivity contribution < 1.29 is 0 Å². The fourth-order valence-corrected chi connectivity index (χ4v) is 14.8. The maximum atomic E-state index is 5.83. The van der Waals surface area contributed by atoms with Crippen LogP contribution in [0.1, 0.15) is 0 Å². The van der Waals surface area contributed by atoms with E-state index in [0.717, 1.165) is 11.2 Å². The fraction of sp³-hybridized carbons (Fsp3) is 0. The van der Waals surface area contributed by atoms with Gasteiger partial charge in [-0.05, 0) is 32.9 Å². The van der Waals surface area contributed by atoms with Crippen molar-refractivity contribution in [3.05, 3.63) is 176 Å². The first-order chi connectivity index (χ1) is 25.4. The van der Waals surface area contributed by atoms with Crippen LogP contribution in [0.25, 0.3) is 76.5 Å². The Hall–Kier alpha value is -6.49. The average Bonchev–Trinajstić information content (AvgIpc) is 3.93. The number of pyridine rings is 1. The monoisotopic (exact) mass is 663 g/mol. The highest BCUT2D eigenvalue weighted by atomic mass is 28.3. The smallest absolute Gasteiger partial charge is 0.182 e. The van der Waals surface area contributed by atoms with E-state index in [1.807, 2.05) is 0 Å². The zero-order valence-electron chi connectivity index (χ0n) is 27.6. The summed E-state index contributed by atoms with van der Waals surface area (Å²) in [6, 6.07) is 65.4. The van der Waals surface area contributed by atoms with Crippen molar-refractivity contribution in [1.82, 2.24) is 13.8 Å². The van der Waals surface area contributed by atoms with Gasteiger partial charge >= 0.3 is 0 Å². The molecule has 12 rings (SSSR count). The second-order valence-electron chi connectivity index (χ2n) is 13.8. The highest BCUT2D eigenvalue weighted by Gasteiger charge is 2.46. The van der Waals surface area contributed by atoms with Crippen LogP contribution in [0.3, 0.4) is 0 Å². The molecule has 0 aliphatic heterocycles. The summed E-state index contributed by atoms with van der Waals surface area (Å²) in [5, 5.41) is 14.3. The number of rotatable bonds is 4. The summed E-state index contributed by atoms with van der Waals surface area (Å²) in [6.45, 7) is 0. The number of hydrogen-bond acceptors (Lipinski definition) is 1. The third-order valence-corrected chi connectivity index (χ3v) is 16.3. The maximum absolute atomic E-state index is 5.83. The van der Waals surface area contributed by atoms with Crippen LogP contribution in [0.15, 0.2) is 176 Å². The second-order valence-corrected chi connectivity index (χ2v) is 17.6. The highest BCUT2D eigenvalue weighted by molar-refractivity contribution is 7.21. The molecule has 12 aromatic rings. The molecule has 51 heavy (non-hydrogen) atoms. The molecule has 7 aromatic carbocycles. The fourth-order valence-electron chi connectivity index (χ4n) is 9.63. The molecule has 0 saturated carbocycles. The van der Waals surface area contributed by atoms with E-state index in [1.54, 1.807) is 0 Å². The van der Waals surface area contributed by atoms with Crippen LogP contribution in [-0.4, -0.2) is 21.9 Å². The summed E-state index contributed by atoms with van der Waals surface area (Å²) < 4.78 is 5.03. The van der Waals surface area contributed by atoms with Crippen LogP contribution >= 0.6 is 0 Å². The molecule has 4 heteroatoms. The molecule has 236 valence electrons. The Morgan fingerprint density at radius 3 is 1.35 bits per heavy atom. The number of hydrogen-bond donors (Lipinski definition) is 0. The molecule has 3 nitrogen and oxygen atoms in total. The van der Waals surface area contributed by atoms with E-state index in [4.69, 9.17) is 4.98 Å². The van der Waals surface area contributed by atoms with Crippen LogP contribution in [0, 0.1) is 0 Å². The topological polar surface area (TPSA) is 21.7 Å². The van der Waals surface area contributed by atoms with Crippen LogP contribution in [0.4, 0.5) is 0 Å². The largest absolute Gasteiger partial charge is 0.306 e. The van der Waals surface area contributed by atoms with Gasteiger partial charge in [-0.15, -0.1) is 0 Å². The van der Waals surface area contributed by atoms with Crippen LogP contribution in [0.2, 0.25) is 0 Å². The van der Waals surface area contributed by atoms with Crippen molar-refractivity contribution in [3.63, 3.8) is 0 Å². The van der Waals surface area contributed by atoms with E-state index in [2.05, 4.69) is 185 Å². The zero-order chi connectivity index (χ0) is 33.3. The van der Waals surface area contributed by atoms with Gasteiger partial charge in [0.25, 0.3) is 0 Å². The summed E-state index contributed by atoms with van der Waals surface area (Å²) in [7, 11) is -3.10. The molecule has 0 atom stereocenters. The lowest BCUT2D eigenvalue weighted by molar-refractivity contribution is 1.30. The minimum atomic E-state index is -3.10. The molecule has 0 fully saturated rings. The minimum absolute atomic E-state index is 1.03. The van der Waals surface area contributed by atoms with E-state index >= 15 is 0 Å². The Kier molecular flexibility index (Phi) is 5.26. The quantitative estimate of drug-likeness (QED) is 0.136. The highest BCUT2D eigenvalue weighted by Crippen LogP contribution is 2.43. The molecule has 5 heterocycles. The van der Waals surface area contributed by atoms with Crippen molar-refractivity contribution in [2.24, 2.45) is 0 Å². The predicted octanol–water partition coefficient (Wildman–Crippen LogP) is 8.76. The lowest BCUT2D eigenvalue weighted by Crippen LogP contribution is -2.75. The van der Waals surface area contributed by atoms with Crippen molar-refractivity contribution in [3.8, 4) is 0 Å². The van der Waals surface area contributed by atoms with Gasteiger partial charge < -0.3 is 4.40 Å². The first kappa shape index (κ1) is 27.3. The van der Waals surface area contributed by atoms with Crippen LogP contribution in [0.5, 0.6) is 0 Å². The number of fused-ring (bicyclic) bond motifs is 12. The molecule has 0 spiro atoms. The normalized spacial score (nSPS) is 12.7. The summed E-state index contributed by atoms with van der Waals surface area (Å²) in [5.41, 5.74) is 8.23. The van der Waals surface area contributed by atoms with Crippen molar-refractivity contribution in [2.75, 3.05) is 0 Å². The predicted molar refractivity (Wildman–Crippen MR) is 217 cm³/mol. The van der Waals surface area contributed by atoms with Gasteiger partial charge in [-0.25, -0.2) is 4.98 Å². The third-order valence-electron chi connectivity index (χ3n) is 11.5. The van der Waals surface area contributed by atoms with Gasteiger partial charge in [-0.1, -0.05) is 164 Å². The van der Waals surface area contributed by atoms with Gasteiger partial charge in [0.1, 0.15) is 5.65 Å². The number of nitrogens with zero attached hydrogens (tertiary/aromatic N) is 3. The lowest BCUT2D eigenvalue weighted by atomic mass is 10.1. The minimum Gasteiger partial charge on any atom is -0.306 e. The van der Waals surface area contributed by atoms with E-state index in [0.29, 0.717) is 0 Å². The zero-order valence-corrected chi connectivity index (χ0v) is 28.6. The number of aromatic nitrogens is 3. The molecule has 0 amide bonds. The SMILES string of the molecule is c1ccc([Si](c2ccccc2)(c2ccccc2)c2c3c4cccc5c6ccccc6n(c3nc3c6cccc7c8ccccc8n(c23)c76)c54)cc1. The molecule has 0 aliphatic rings. The summed E-state index contributed by atoms with van der Waals surface area (Å²) in [4.78, 5) is 5.83. The molecular formula is C47H29N3Si. The first-order valence-corrected chi connectivity index (χ1v) is 19.7. The summed E-state index contributed by atoms with van der Waals surface area (Å²) in [6.07, 6.45) is 0. The molecule has 0 saturated heterocycles. The molecule has 0 bridgehead atoms. The molecule has 0 radical (unpaired) electrons. The second kappa shape index (κ2) is 9.81. The third kappa shape index (κ3) is 3.27. The van der Waals surface area contributed by atoms with E-state index < -0.39 is 8.07 Å². The van der Waals surface area contributed by atoms with Gasteiger partial charge in [0.15, 0.2) is 8.07 Å². The molecule has 5 aromatic heterocycles. The van der Waals surface area contributed by atoms with Crippen LogP contribution < -0.4 is 20.7 Å². The van der Waals surface area contributed by atoms with Gasteiger partial charge in [0.05, 0.1) is 33.1 Å². The Morgan fingerprint density at radius 2 is 0.784 bits per heavy atom. The van der Waals surface area contributed by atoms with E-state index in [1.165, 1.54) is 86.0 Å². The standard InChI is InChI=1S/C47H29N3Si/c1-4-16-30(17-5-1)51(31-18-6-2-7-19-31,32-20-8-3-9-21-32)46-41-37-26-14-24-35-34-23-11-13-29-40(34)50(43(35)37)47(41)48-42-38-27-15-25-36-33-22-10-12-28-39(33)49(44(36)38)45(42)46/h1-29H. The van der Waals surface area contributed by atoms with Crippen LogP contribution in [-0.2, 0) is 0 Å². The van der Waals surface area contributed by atoms with Crippen molar-refractivity contribution >= 4 is 105 Å². The van der Waals surface area contributed by atoms with E-state index in [9.17, 15) is 0 Å². The Balaban J connectivity index is 1.48. The summed E-state index contributed by atoms with van der Waals surface area (Å²) in [5.74, 6) is 0. The van der Waals surface area contributed by atoms with Gasteiger partial charge in [0.2, 0.25) is 0 Å². The average molecular weight is 664 g/mol. The molecule has 0 unspecified atom stereocenters. The lowest BCUT2D eigenvalue weighted by Gasteiger charge is -2.35. The summed E-state index contributed by atoms with van der Waals surface area (Å²) >= 11 is 0. The van der Waals surface area contributed by atoms with Crippen molar-refractivity contribution in [1.29, 1.82) is 0 Å². The first-order valence-electron chi connectivity index (χ1n) is 17.7. The van der Waals surface area contributed by atoms with Gasteiger partial charge in [-0.3, -0.25) is 4.40 Å². The number of para-hydroxylation sites is 4. The molecule has 0 aliphatic carbocycles.